The Hall–Kier alpha value is -2.00. The summed E-state index contributed by atoms with van der Waals surface area (Å²) in [5, 5.41) is -0.209. The molecular weight excluding hydrogens is 465 g/mol. The first kappa shape index (κ1) is 20.7. The molecule has 0 saturated carbocycles. The molecule has 0 bridgehead atoms. The lowest BCUT2D eigenvalue weighted by molar-refractivity contribution is -0.274. The highest BCUT2D eigenvalue weighted by atomic mass is 79.9. The van der Waals surface area contributed by atoms with Crippen LogP contribution < -0.4 is 10.3 Å². The molecule has 2 atom stereocenters. The molecular formula is C18H15BrClF3N2O3. The summed E-state index contributed by atoms with van der Waals surface area (Å²) >= 11 is 9.10. The number of carbonyl (C=O) groups is 1. The molecule has 1 aliphatic rings. The summed E-state index contributed by atoms with van der Waals surface area (Å²) < 4.78 is 42.9. The fourth-order valence-corrected chi connectivity index (χ4v) is 3.88. The van der Waals surface area contributed by atoms with Gasteiger partial charge in [-0.3, -0.25) is 9.59 Å². The minimum atomic E-state index is -4.85. The van der Waals surface area contributed by atoms with Gasteiger partial charge in [-0.15, -0.1) is 13.2 Å². The zero-order valence-electron chi connectivity index (χ0n) is 14.8. The molecule has 2 heterocycles. The van der Waals surface area contributed by atoms with Crippen molar-refractivity contribution in [3.63, 3.8) is 0 Å². The van der Waals surface area contributed by atoms with E-state index in [-0.39, 0.29) is 28.2 Å². The van der Waals surface area contributed by atoms with Crippen molar-refractivity contribution in [1.82, 2.24) is 9.47 Å². The number of ether oxygens (including phenoxy) is 1. The van der Waals surface area contributed by atoms with Gasteiger partial charge in [-0.05, 0) is 59.6 Å². The second-order valence-corrected chi connectivity index (χ2v) is 7.72. The number of hydrogen-bond acceptors (Lipinski definition) is 3. The average molecular weight is 480 g/mol. The monoisotopic (exact) mass is 478 g/mol. The van der Waals surface area contributed by atoms with E-state index in [1.807, 2.05) is 0 Å². The topological polar surface area (TPSA) is 51.5 Å². The molecule has 1 aromatic heterocycles. The van der Waals surface area contributed by atoms with Gasteiger partial charge in [0.2, 0.25) is 0 Å². The van der Waals surface area contributed by atoms with Gasteiger partial charge in [-0.2, -0.15) is 0 Å². The van der Waals surface area contributed by atoms with Crippen molar-refractivity contribution in [3.05, 3.63) is 61.4 Å². The highest BCUT2D eigenvalue weighted by molar-refractivity contribution is 9.10. The molecule has 28 heavy (non-hydrogen) atoms. The maximum atomic E-state index is 13.0. The minimum Gasteiger partial charge on any atom is -0.404 e. The number of carbonyl (C=O) groups excluding carboxylic acids is 1. The summed E-state index contributed by atoms with van der Waals surface area (Å²) in [5.41, 5.74) is 0.510. The lowest BCUT2D eigenvalue weighted by atomic mass is 10.0. The number of aromatic nitrogens is 1. The van der Waals surface area contributed by atoms with Crippen molar-refractivity contribution >= 4 is 33.4 Å². The Bertz CT molecular complexity index is 993. The summed E-state index contributed by atoms with van der Waals surface area (Å²) in [6, 6.07) is 6.19. The fourth-order valence-electron chi connectivity index (χ4n) is 3.31. The summed E-state index contributed by atoms with van der Waals surface area (Å²) in [7, 11) is 0. The number of hydrogen-bond donors (Lipinski definition) is 0. The number of rotatable bonds is 3. The van der Waals surface area contributed by atoms with E-state index in [2.05, 4.69) is 20.7 Å². The smallest absolute Gasteiger partial charge is 0.404 e. The standard InChI is InChI=1S/C18H15BrClF3N2O3/c1-9-8-24-14(5-4-12(19)16(24)26)17(27)25(9)10(2)11-3-6-15(13(20)7-11)28-18(21,22)23/h3-7,9-10H,8H2,1-2H3. The van der Waals surface area contributed by atoms with E-state index in [4.69, 9.17) is 11.6 Å². The van der Waals surface area contributed by atoms with Crippen molar-refractivity contribution in [2.75, 3.05) is 0 Å². The third-order valence-electron chi connectivity index (χ3n) is 4.58. The van der Waals surface area contributed by atoms with E-state index in [0.29, 0.717) is 16.6 Å². The van der Waals surface area contributed by atoms with E-state index in [1.165, 1.54) is 22.8 Å². The number of nitrogens with zero attached hydrogens (tertiary/aromatic N) is 2. The molecule has 0 N–H and O–H groups in total. The van der Waals surface area contributed by atoms with Crippen molar-refractivity contribution < 1.29 is 22.7 Å². The average Bonchev–Trinajstić information content (AvgIpc) is 2.59. The Kier molecular flexibility index (Phi) is 5.51. The fraction of sp³-hybridized carbons (Fsp3) is 0.333. The van der Waals surface area contributed by atoms with Crippen LogP contribution in [0.2, 0.25) is 5.02 Å². The summed E-state index contributed by atoms with van der Waals surface area (Å²) in [5.74, 6) is -0.854. The van der Waals surface area contributed by atoms with Gasteiger partial charge in [-0.25, -0.2) is 0 Å². The molecule has 1 aromatic carbocycles. The van der Waals surface area contributed by atoms with Crippen LogP contribution in [0.15, 0.2) is 39.6 Å². The van der Waals surface area contributed by atoms with Crippen LogP contribution >= 0.6 is 27.5 Å². The Morgan fingerprint density at radius 2 is 1.93 bits per heavy atom. The molecule has 0 radical (unpaired) electrons. The number of pyridine rings is 1. The minimum absolute atomic E-state index is 0.209. The molecule has 10 heteroatoms. The third kappa shape index (κ3) is 3.91. The highest BCUT2D eigenvalue weighted by Crippen LogP contribution is 2.35. The highest BCUT2D eigenvalue weighted by Gasteiger charge is 2.35. The maximum Gasteiger partial charge on any atom is 0.573 e. The van der Waals surface area contributed by atoms with Gasteiger partial charge >= 0.3 is 6.36 Å². The Balaban J connectivity index is 1.93. The molecule has 2 aromatic rings. The molecule has 1 amide bonds. The van der Waals surface area contributed by atoms with E-state index in [1.54, 1.807) is 24.8 Å². The van der Waals surface area contributed by atoms with Gasteiger partial charge in [0.1, 0.15) is 11.4 Å². The molecule has 5 nitrogen and oxygen atoms in total. The third-order valence-corrected chi connectivity index (χ3v) is 5.48. The first-order chi connectivity index (χ1) is 13.0. The van der Waals surface area contributed by atoms with E-state index in [9.17, 15) is 22.8 Å². The lowest BCUT2D eigenvalue weighted by Gasteiger charge is -2.39. The molecule has 150 valence electrons. The summed E-state index contributed by atoms with van der Waals surface area (Å²) in [6.07, 6.45) is -4.85. The predicted molar refractivity (Wildman–Crippen MR) is 101 cm³/mol. The van der Waals surface area contributed by atoms with Crippen molar-refractivity contribution in [2.45, 2.75) is 38.8 Å². The van der Waals surface area contributed by atoms with Crippen LogP contribution in [0.4, 0.5) is 13.2 Å². The molecule has 1 aliphatic heterocycles. The van der Waals surface area contributed by atoms with Gasteiger partial charge in [0.25, 0.3) is 11.5 Å². The van der Waals surface area contributed by atoms with E-state index in [0.717, 1.165) is 6.07 Å². The van der Waals surface area contributed by atoms with Crippen LogP contribution in [0.5, 0.6) is 5.75 Å². The van der Waals surface area contributed by atoms with Gasteiger partial charge in [0, 0.05) is 12.6 Å². The molecule has 0 aliphatic carbocycles. The quantitative estimate of drug-likeness (QED) is 0.637. The maximum absolute atomic E-state index is 13.0. The Labute approximate surface area is 171 Å². The molecule has 0 spiro atoms. The Morgan fingerprint density at radius 3 is 2.54 bits per heavy atom. The van der Waals surface area contributed by atoms with E-state index < -0.39 is 18.2 Å². The lowest BCUT2D eigenvalue weighted by Crippen LogP contribution is -2.50. The number of benzene rings is 1. The largest absolute Gasteiger partial charge is 0.573 e. The number of amides is 1. The molecule has 3 rings (SSSR count). The normalized spacial score (nSPS) is 18.0. The molecule has 0 fully saturated rings. The second kappa shape index (κ2) is 7.44. The van der Waals surface area contributed by atoms with Crippen LogP contribution in [0, 0.1) is 0 Å². The number of fused-ring (bicyclic) bond motifs is 1. The summed E-state index contributed by atoms with van der Waals surface area (Å²) in [4.78, 5) is 26.8. The second-order valence-electron chi connectivity index (χ2n) is 6.46. The zero-order chi connectivity index (χ0) is 20.8. The predicted octanol–water partition coefficient (Wildman–Crippen LogP) is 4.77. The van der Waals surface area contributed by atoms with Crippen molar-refractivity contribution in [3.8, 4) is 5.75 Å². The van der Waals surface area contributed by atoms with Crippen molar-refractivity contribution in [2.24, 2.45) is 0 Å². The molecule has 0 saturated heterocycles. The Morgan fingerprint density at radius 1 is 1.25 bits per heavy atom. The van der Waals surface area contributed by atoms with Crippen molar-refractivity contribution in [1.29, 1.82) is 0 Å². The first-order valence-corrected chi connectivity index (χ1v) is 9.44. The zero-order valence-corrected chi connectivity index (χ0v) is 17.1. The van der Waals surface area contributed by atoms with Crippen LogP contribution in [0.1, 0.15) is 35.9 Å². The van der Waals surface area contributed by atoms with Gasteiger partial charge in [0.05, 0.1) is 15.5 Å². The van der Waals surface area contributed by atoms with Crippen LogP contribution in [-0.2, 0) is 6.54 Å². The van der Waals surface area contributed by atoms with E-state index >= 15 is 0 Å². The van der Waals surface area contributed by atoms with Crippen LogP contribution in [0.25, 0.3) is 0 Å². The van der Waals surface area contributed by atoms with Gasteiger partial charge < -0.3 is 14.2 Å². The van der Waals surface area contributed by atoms with Gasteiger partial charge in [-0.1, -0.05) is 17.7 Å². The van der Waals surface area contributed by atoms with Crippen LogP contribution in [-0.4, -0.2) is 27.8 Å². The van der Waals surface area contributed by atoms with Crippen LogP contribution in [0.3, 0.4) is 0 Å². The number of halogens is 5. The first-order valence-electron chi connectivity index (χ1n) is 8.27. The van der Waals surface area contributed by atoms with Gasteiger partial charge in [0.15, 0.2) is 0 Å². The SMILES string of the molecule is CC1Cn2c(ccc(Br)c2=O)C(=O)N1C(C)c1ccc(OC(F)(F)F)c(Cl)c1. The summed E-state index contributed by atoms with van der Waals surface area (Å²) in [6.45, 7) is 3.84. The molecule has 2 unspecified atom stereocenters. The number of alkyl halides is 3.